The first kappa shape index (κ1) is 53.0. The maximum absolute atomic E-state index is 14.8. The second-order valence-corrected chi connectivity index (χ2v) is 19.2. The number of carbonyl (C=O) groups is 9. The number of ether oxygens (including phenoxy) is 1. The van der Waals surface area contributed by atoms with Crippen molar-refractivity contribution in [2.75, 3.05) is 33.2 Å². The number of hydrogen-bond donors (Lipinski definition) is 6. The highest BCUT2D eigenvalue weighted by Crippen LogP contribution is 2.28. The van der Waals surface area contributed by atoms with Crippen LogP contribution in [-0.4, -0.2) is 176 Å². The predicted molar refractivity (Wildman–Crippen MR) is 251 cm³/mol. The van der Waals surface area contributed by atoms with Crippen LogP contribution in [0.2, 0.25) is 0 Å². The summed E-state index contributed by atoms with van der Waals surface area (Å²) >= 11 is 0. The molecule has 0 radical (unpaired) electrons. The van der Waals surface area contributed by atoms with E-state index < -0.39 is 133 Å². The number of rotatable bonds is 11. The van der Waals surface area contributed by atoms with Crippen molar-refractivity contribution < 1.29 is 63.2 Å². The molecule has 0 aliphatic carbocycles. The second kappa shape index (κ2) is 23.9. The van der Waals surface area contributed by atoms with Gasteiger partial charge in [0.15, 0.2) is 0 Å². The van der Waals surface area contributed by atoms with Crippen LogP contribution in [0.15, 0.2) is 60.7 Å². The average molecular weight is 974 g/mol. The Hall–Kier alpha value is -6.41. The number of nitrogens with zero attached hydrogens (tertiary/aromatic N) is 4. The molecule has 0 saturated carbocycles. The molecule has 2 aromatic rings. The molecular formula is C50H67N7O13. The van der Waals surface area contributed by atoms with Crippen molar-refractivity contribution in [3.63, 3.8) is 0 Å². The lowest BCUT2D eigenvalue weighted by Crippen LogP contribution is -2.63. The highest BCUT2D eigenvalue weighted by Gasteiger charge is 2.46. The summed E-state index contributed by atoms with van der Waals surface area (Å²) in [6.45, 7) is 3.90. The number of carboxylic acid groups (broad SMARTS) is 1. The molecule has 4 fully saturated rings. The third-order valence-corrected chi connectivity index (χ3v) is 14.0. The molecule has 7 amide bonds. The number of aliphatic carboxylic acids is 1. The molecule has 2 aromatic carbocycles. The van der Waals surface area contributed by atoms with Crippen molar-refractivity contribution in [1.29, 1.82) is 0 Å². The standard InChI is InChI=1S/C50H67N7O13/c1-29(2)35(49(67)68)27-41(60)54(4)38(24-32-15-9-6-10-16-32)44(62)53-43-30(3)70-50(69)40-26-34(59)19-22-57(40)48(66)37-17-11-12-20-56(37)47(65)36(23-31-13-7-5-8-14-31)52-45(63)39-25-33(58)18-21-55(39)42(61)28-51-46(43)64/h5-10,13-16,29-30,33-40,43,58-59H,11-12,17-28H2,1-4H3,(H,51,64)(H,52,63)(H,53,62)(H,67,68)/t30-,33-,34+,35?,36-,37+,38?,39+,40+,43+/m1/s1. The van der Waals surface area contributed by atoms with Gasteiger partial charge < -0.3 is 55.6 Å². The topological polar surface area (TPSA) is 273 Å². The Labute approximate surface area is 407 Å². The minimum Gasteiger partial charge on any atom is -0.481 e. The van der Waals surface area contributed by atoms with E-state index in [0.717, 1.165) is 4.90 Å². The molecule has 4 aliphatic rings. The summed E-state index contributed by atoms with van der Waals surface area (Å²) in [5.74, 6) is -8.86. The molecule has 4 aliphatic heterocycles. The molecule has 70 heavy (non-hydrogen) atoms. The Kier molecular flexibility index (Phi) is 18.1. The molecule has 0 spiro atoms. The minimum absolute atomic E-state index is 0.0227. The number of nitrogens with one attached hydrogen (secondary N) is 3. The van der Waals surface area contributed by atoms with E-state index in [0.29, 0.717) is 24.0 Å². The van der Waals surface area contributed by atoms with Gasteiger partial charge in [0.2, 0.25) is 41.4 Å². The van der Waals surface area contributed by atoms with E-state index in [-0.39, 0.29) is 64.6 Å². The van der Waals surface area contributed by atoms with Gasteiger partial charge in [0.05, 0.1) is 24.7 Å². The lowest BCUT2D eigenvalue weighted by molar-refractivity contribution is -0.168. The van der Waals surface area contributed by atoms with Crippen LogP contribution in [0, 0.1) is 11.8 Å². The number of carboxylic acids is 1. The van der Waals surface area contributed by atoms with Crippen LogP contribution in [0.3, 0.4) is 0 Å². The summed E-state index contributed by atoms with van der Waals surface area (Å²) in [7, 11) is 1.34. The quantitative estimate of drug-likeness (QED) is 0.164. The Morgan fingerprint density at radius 1 is 0.771 bits per heavy atom. The summed E-state index contributed by atoms with van der Waals surface area (Å²) in [6, 6.07) is 9.54. The maximum atomic E-state index is 14.8. The highest BCUT2D eigenvalue weighted by molar-refractivity contribution is 5.98. The van der Waals surface area contributed by atoms with Crippen molar-refractivity contribution >= 4 is 53.3 Å². The number of benzene rings is 2. The lowest BCUT2D eigenvalue weighted by Gasteiger charge is -2.43. The van der Waals surface area contributed by atoms with E-state index in [2.05, 4.69) is 16.0 Å². The van der Waals surface area contributed by atoms with Gasteiger partial charge in [-0.25, -0.2) is 4.79 Å². The second-order valence-electron chi connectivity index (χ2n) is 19.2. The fraction of sp³-hybridized carbons (Fsp3) is 0.580. The van der Waals surface area contributed by atoms with Gasteiger partial charge in [-0.3, -0.25) is 38.4 Å². The van der Waals surface area contributed by atoms with E-state index in [1.165, 1.54) is 28.7 Å². The first-order chi connectivity index (χ1) is 33.3. The third-order valence-electron chi connectivity index (χ3n) is 14.0. The summed E-state index contributed by atoms with van der Waals surface area (Å²) < 4.78 is 5.93. The molecule has 380 valence electrons. The maximum Gasteiger partial charge on any atom is 0.329 e. The van der Waals surface area contributed by atoms with Crippen molar-refractivity contribution in [2.45, 2.75) is 140 Å². The number of aliphatic hydroxyl groups is 2. The molecule has 10 atom stereocenters. The summed E-state index contributed by atoms with van der Waals surface area (Å²) in [5, 5.41) is 39.5. The van der Waals surface area contributed by atoms with Crippen molar-refractivity contribution in [3.05, 3.63) is 71.8 Å². The van der Waals surface area contributed by atoms with E-state index in [1.807, 2.05) is 0 Å². The predicted octanol–water partition coefficient (Wildman–Crippen LogP) is 0.162. The van der Waals surface area contributed by atoms with Crippen LogP contribution in [0.25, 0.3) is 0 Å². The normalized spacial score (nSPS) is 27.2. The number of fused-ring (bicyclic) bond motifs is 3. The number of likely N-dealkylation sites (N-methyl/N-ethyl adjacent to an activating group) is 1. The molecule has 20 nitrogen and oxygen atoms in total. The fourth-order valence-electron chi connectivity index (χ4n) is 9.80. The number of aliphatic hydroxyl groups excluding tert-OH is 2. The van der Waals surface area contributed by atoms with Gasteiger partial charge in [-0.2, -0.15) is 0 Å². The van der Waals surface area contributed by atoms with Gasteiger partial charge in [-0.05, 0) is 56.1 Å². The van der Waals surface area contributed by atoms with Crippen LogP contribution in [0.5, 0.6) is 0 Å². The molecule has 6 N–H and O–H groups in total. The van der Waals surface area contributed by atoms with Gasteiger partial charge >= 0.3 is 11.9 Å². The largest absolute Gasteiger partial charge is 0.481 e. The minimum atomic E-state index is -1.75. The van der Waals surface area contributed by atoms with Crippen LogP contribution in [0.1, 0.15) is 83.3 Å². The van der Waals surface area contributed by atoms with Gasteiger partial charge in [0.1, 0.15) is 42.4 Å². The van der Waals surface area contributed by atoms with Crippen molar-refractivity contribution in [3.8, 4) is 0 Å². The van der Waals surface area contributed by atoms with E-state index >= 15 is 0 Å². The SMILES string of the molecule is CC(C)C(CC(=O)N(C)C(Cc1ccccc1)C(=O)N[C@@H]1C(=O)NCC(=O)N2CC[C@@H](O)C[C@H]2C(=O)N[C@H](Cc2ccccc2)C(=O)N2CCCC[C@H]2C(=O)N2CC[C@H](O)C[C@H]2C(=O)O[C@@H]1C)C(=O)O. The number of cyclic esters (lactones) is 1. The Morgan fingerprint density at radius 3 is 2.00 bits per heavy atom. The first-order valence-corrected chi connectivity index (χ1v) is 24.3. The van der Waals surface area contributed by atoms with Gasteiger partial charge in [-0.15, -0.1) is 0 Å². The van der Waals surface area contributed by atoms with Gasteiger partial charge in [0.25, 0.3) is 0 Å². The smallest absolute Gasteiger partial charge is 0.329 e. The fourth-order valence-corrected chi connectivity index (χ4v) is 9.80. The monoisotopic (exact) mass is 973 g/mol. The zero-order valence-corrected chi connectivity index (χ0v) is 40.2. The highest BCUT2D eigenvalue weighted by atomic mass is 16.5. The zero-order valence-electron chi connectivity index (χ0n) is 40.2. The van der Waals surface area contributed by atoms with Gasteiger partial charge in [-0.1, -0.05) is 74.5 Å². The average Bonchev–Trinajstić information content (AvgIpc) is 3.34. The number of amides is 7. The lowest BCUT2D eigenvalue weighted by atomic mass is 9.91. The first-order valence-electron chi connectivity index (χ1n) is 24.3. The van der Waals surface area contributed by atoms with Crippen LogP contribution in [0.4, 0.5) is 0 Å². The van der Waals surface area contributed by atoms with E-state index in [4.69, 9.17) is 4.74 Å². The molecule has 0 aromatic heterocycles. The van der Waals surface area contributed by atoms with Crippen LogP contribution < -0.4 is 16.0 Å². The Bertz CT molecular complexity index is 2230. The van der Waals surface area contributed by atoms with E-state index in [1.54, 1.807) is 74.5 Å². The molecular weight excluding hydrogens is 907 g/mol. The number of esters is 1. The molecule has 6 rings (SSSR count). The Balaban J connectivity index is 1.37. The van der Waals surface area contributed by atoms with Crippen LogP contribution >= 0.6 is 0 Å². The van der Waals surface area contributed by atoms with Crippen molar-refractivity contribution in [1.82, 2.24) is 35.6 Å². The Morgan fingerprint density at radius 2 is 1.37 bits per heavy atom. The molecule has 4 heterocycles. The van der Waals surface area contributed by atoms with Gasteiger partial charge in [0, 0.05) is 58.8 Å². The van der Waals surface area contributed by atoms with Crippen LogP contribution in [-0.2, 0) is 60.7 Å². The zero-order chi connectivity index (χ0) is 50.8. The number of piperidine rings is 3. The number of carbonyl (C=O) groups excluding carboxylic acids is 8. The third kappa shape index (κ3) is 13.1. The number of hydrogen-bond acceptors (Lipinski definition) is 12. The summed E-state index contributed by atoms with van der Waals surface area (Å²) in [4.78, 5) is 132. The molecule has 0 bridgehead atoms. The molecule has 2 unspecified atom stereocenters. The molecule has 20 heteroatoms. The van der Waals surface area contributed by atoms with Crippen molar-refractivity contribution in [2.24, 2.45) is 11.8 Å². The summed E-state index contributed by atoms with van der Waals surface area (Å²) in [5.41, 5.74) is 1.32. The summed E-state index contributed by atoms with van der Waals surface area (Å²) in [6.07, 6.45) is -2.90. The van der Waals surface area contributed by atoms with E-state index in [9.17, 15) is 58.5 Å². The molecule has 4 saturated heterocycles.